The molecule has 104 valence electrons. The molecule has 0 bridgehead atoms. The maximum Gasteiger partial charge on any atom is 0.138 e. The molecule has 0 spiro atoms. The summed E-state index contributed by atoms with van der Waals surface area (Å²) in [5.41, 5.74) is -0.321. The Balaban J connectivity index is 2.42. The van der Waals surface area contributed by atoms with E-state index in [2.05, 4.69) is 35.2 Å². The fourth-order valence-corrected chi connectivity index (χ4v) is 3.54. The number of hydrogen-bond acceptors (Lipinski definition) is 4. The summed E-state index contributed by atoms with van der Waals surface area (Å²) in [6.07, 6.45) is 3.43. The summed E-state index contributed by atoms with van der Waals surface area (Å²) < 4.78 is 0. The van der Waals surface area contributed by atoms with Gasteiger partial charge in [0.1, 0.15) is 17.0 Å². The molecule has 2 aromatic heterocycles. The van der Waals surface area contributed by atoms with Crippen molar-refractivity contribution in [3.8, 4) is 0 Å². The summed E-state index contributed by atoms with van der Waals surface area (Å²) in [6, 6.07) is 2.14. The van der Waals surface area contributed by atoms with E-state index in [9.17, 15) is 0 Å². The van der Waals surface area contributed by atoms with Gasteiger partial charge >= 0.3 is 0 Å². The molecule has 0 fully saturated rings. The van der Waals surface area contributed by atoms with Crippen molar-refractivity contribution in [2.75, 3.05) is 17.1 Å². The average Bonchev–Trinajstić information content (AvgIpc) is 2.89. The van der Waals surface area contributed by atoms with E-state index in [1.807, 2.05) is 0 Å². The van der Waals surface area contributed by atoms with E-state index < -0.39 is 0 Å². The van der Waals surface area contributed by atoms with Crippen LogP contribution < -0.4 is 5.32 Å². The first-order valence-electron chi connectivity index (χ1n) is 6.31. The van der Waals surface area contributed by atoms with Crippen LogP contribution in [0.4, 0.5) is 5.82 Å². The van der Waals surface area contributed by atoms with Gasteiger partial charge in [-0.15, -0.1) is 34.5 Å². The molecule has 1 N–H and O–H groups in total. The number of thiophene rings is 1. The van der Waals surface area contributed by atoms with Crippen LogP contribution in [0.3, 0.4) is 0 Å². The fraction of sp³-hybridized carbons (Fsp3) is 0.538. The molecule has 0 radical (unpaired) electrons. The second-order valence-electron chi connectivity index (χ2n) is 4.53. The van der Waals surface area contributed by atoms with Crippen LogP contribution in [0.2, 0.25) is 0 Å². The number of fused-ring (bicyclic) bond motifs is 1. The van der Waals surface area contributed by atoms with Gasteiger partial charge in [0.05, 0.1) is 10.9 Å². The lowest BCUT2D eigenvalue weighted by Gasteiger charge is -2.30. The van der Waals surface area contributed by atoms with Crippen LogP contribution in [0.1, 0.15) is 25.1 Å². The molecule has 2 aromatic rings. The van der Waals surface area contributed by atoms with Crippen molar-refractivity contribution in [2.24, 2.45) is 0 Å². The summed E-state index contributed by atoms with van der Waals surface area (Å²) in [7, 11) is 0. The number of aryl methyl sites for hydroxylation is 1. The van der Waals surface area contributed by atoms with Gasteiger partial charge in [-0.3, -0.25) is 0 Å². The summed E-state index contributed by atoms with van der Waals surface area (Å²) >= 11 is 13.8. The zero-order chi connectivity index (χ0) is 13.9. The van der Waals surface area contributed by atoms with Crippen molar-refractivity contribution in [2.45, 2.75) is 32.2 Å². The monoisotopic (exact) mass is 317 g/mol. The molecule has 2 rings (SSSR count). The molecule has 0 saturated carbocycles. The first-order chi connectivity index (χ1) is 9.18. The van der Waals surface area contributed by atoms with Gasteiger partial charge in [0.25, 0.3) is 0 Å². The van der Waals surface area contributed by atoms with Gasteiger partial charge in [0.15, 0.2) is 0 Å². The second kappa shape index (κ2) is 6.25. The molecule has 2 heterocycles. The van der Waals surface area contributed by atoms with Gasteiger partial charge in [0.2, 0.25) is 0 Å². The van der Waals surface area contributed by atoms with Crippen LogP contribution in [0.25, 0.3) is 10.2 Å². The van der Waals surface area contributed by atoms with Crippen molar-refractivity contribution in [1.29, 1.82) is 0 Å². The Morgan fingerprint density at radius 2 is 2.00 bits per heavy atom. The molecular formula is C13H17Cl2N3S. The second-order valence-corrected chi connectivity index (χ2v) is 6.18. The Labute approximate surface area is 127 Å². The molecule has 3 nitrogen and oxygen atoms in total. The number of rotatable bonds is 6. The highest BCUT2D eigenvalue weighted by molar-refractivity contribution is 7.18. The zero-order valence-corrected chi connectivity index (χ0v) is 13.4. The zero-order valence-electron chi connectivity index (χ0n) is 11.0. The minimum Gasteiger partial charge on any atom is -0.362 e. The summed E-state index contributed by atoms with van der Waals surface area (Å²) in [4.78, 5) is 11.0. The smallest absolute Gasteiger partial charge is 0.138 e. The van der Waals surface area contributed by atoms with E-state index >= 15 is 0 Å². The lowest BCUT2D eigenvalue weighted by atomic mass is 10.0. The van der Waals surface area contributed by atoms with Crippen LogP contribution in [0.5, 0.6) is 0 Å². The van der Waals surface area contributed by atoms with Crippen molar-refractivity contribution in [3.05, 3.63) is 17.3 Å². The van der Waals surface area contributed by atoms with Crippen LogP contribution >= 0.6 is 34.5 Å². The maximum absolute atomic E-state index is 6.07. The van der Waals surface area contributed by atoms with Gasteiger partial charge in [-0.2, -0.15) is 0 Å². The third-order valence-electron chi connectivity index (χ3n) is 3.30. The standard InChI is InChI=1S/C13H17Cl2N3S/c1-3-9-5-10-11(16-8-17-12(10)19-9)18-13(4-2,6-14)7-15/h5,8H,3-4,6-7H2,1-2H3,(H,16,17,18). The summed E-state index contributed by atoms with van der Waals surface area (Å²) in [6.45, 7) is 4.21. The Morgan fingerprint density at radius 3 is 2.58 bits per heavy atom. The number of aromatic nitrogens is 2. The van der Waals surface area contributed by atoms with Crippen molar-refractivity contribution in [3.63, 3.8) is 0 Å². The van der Waals surface area contributed by atoms with E-state index in [1.165, 1.54) is 4.88 Å². The molecule has 0 unspecified atom stereocenters. The highest BCUT2D eigenvalue weighted by Crippen LogP contribution is 2.31. The molecule has 19 heavy (non-hydrogen) atoms. The normalized spacial score (nSPS) is 12.0. The third kappa shape index (κ3) is 2.96. The average molecular weight is 318 g/mol. The number of hydrogen-bond donors (Lipinski definition) is 1. The molecule has 6 heteroatoms. The molecular weight excluding hydrogens is 301 g/mol. The number of halogens is 2. The lowest BCUT2D eigenvalue weighted by Crippen LogP contribution is -2.42. The number of nitrogens with one attached hydrogen (secondary N) is 1. The number of anilines is 1. The number of nitrogens with zero attached hydrogens (tertiary/aromatic N) is 2. The summed E-state index contributed by atoms with van der Waals surface area (Å²) in [5, 5.41) is 4.47. The van der Waals surface area contributed by atoms with E-state index in [-0.39, 0.29) is 5.54 Å². The molecule has 0 atom stereocenters. The molecule has 0 aliphatic rings. The molecule has 0 amide bonds. The molecule has 0 aromatic carbocycles. The van der Waals surface area contributed by atoms with Crippen LogP contribution in [0.15, 0.2) is 12.4 Å². The molecule has 0 saturated heterocycles. The quantitative estimate of drug-likeness (QED) is 0.807. The first kappa shape index (κ1) is 14.8. The SMILES string of the molecule is CCc1cc2c(NC(CC)(CCl)CCl)ncnc2s1. The first-order valence-corrected chi connectivity index (χ1v) is 8.20. The van der Waals surface area contributed by atoms with E-state index in [4.69, 9.17) is 23.2 Å². The fourth-order valence-electron chi connectivity index (χ4n) is 1.81. The summed E-state index contributed by atoms with van der Waals surface area (Å²) in [5.74, 6) is 1.72. The topological polar surface area (TPSA) is 37.8 Å². The third-order valence-corrected chi connectivity index (χ3v) is 5.51. The van der Waals surface area contributed by atoms with Crippen LogP contribution in [-0.4, -0.2) is 27.3 Å². The van der Waals surface area contributed by atoms with E-state index in [0.717, 1.165) is 28.9 Å². The highest BCUT2D eigenvalue weighted by atomic mass is 35.5. The predicted octanol–water partition coefficient (Wildman–Crippen LogP) is 4.29. The van der Waals surface area contributed by atoms with Crippen molar-refractivity contribution in [1.82, 2.24) is 9.97 Å². The Bertz CT molecular complexity index is 544. The minimum absolute atomic E-state index is 0.321. The maximum atomic E-state index is 6.07. The van der Waals surface area contributed by atoms with E-state index in [0.29, 0.717) is 11.8 Å². The van der Waals surface area contributed by atoms with Gasteiger partial charge < -0.3 is 5.32 Å². The Hall–Kier alpha value is -0.580. The van der Waals surface area contributed by atoms with Gasteiger partial charge in [-0.1, -0.05) is 13.8 Å². The Kier molecular flexibility index (Phi) is 4.87. The van der Waals surface area contributed by atoms with Crippen molar-refractivity contribution < 1.29 is 0 Å². The number of alkyl halides is 2. The van der Waals surface area contributed by atoms with Crippen molar-refractivity contribution >= 4 is 50.6 Å². The molecule has 0 aliphatic heterocycles. The van der Waals surface area contributed by atoms with Crippen LogP contribution in [0, 0.1) is 0 Å². The predicted molar refractivity (Wildman–Crippen MR) is 84.9 cm³/mol. The van der Waals surface area contributed by atoms with E-state index in [1.54, 1.807) is 17.7 Å². The minimum atomic E-state index is -0.321. The van der Waals surface area contributed by atoms with Gasteiger partial charge in [-0.05, 0) is 18.9 Å². The highest BCUT2D eigenvalue weighted by Gasteiger charge is 2.27. The Morgan fingerprint density at radius 1 is 1.26 bits per heavy atom. The lowest BCUT2D eigenvalue weighted by molar-refractivity contribution is 0.558. The van der Waals surface area contributed by atoms with Gasteiger partial charge in [0, 0.05) is 16.6 Å². The van der Waals surface area contributed by atoms with Gasteiger partial charge in [-0.25, -0.2) is 9.97 Å². The molecule has 0 aliphatic carbocycles. The largest absolute Gasteiger partial charge is 0.362 e. The van der Waals surface area contributed by atoms with Crippen LogP contribution in [-0.2, 0) is 6.42 Å².